The molecule has 0 aliphatic carbocycles. The lowest BCUT2D eigenvalue weighted by molar-refractivity contribution is -0.0257. The van der Waals surface area contributed by atoms with Crippen molar-refractivity contribution in [2.45, 2.75) is 72.8 Å². The average Bonchev–Trinajstić information content (AvgIpc) is 2.76. The van der Waals surface area contributed by atoms with E-state index < -0.39 is 11.5 Å². The summed E-state index contributed by atoms with van der Waals surface area (Å²) in [5.74, 6) is -0.586. The van der Waals surface area contributed by atoms with Crippen LogP contribution in [-0.2, 0) is 4.74 Å². The van der Waals surface area contributed by atoms with Gasteiger partial charge in [0.2, 0.25) is 5.85 Å². The first-order chi connectivity index (χ1) is 16.3. The van der Waals surface area contributed by atoms with Crippen molar-refractivity contribution in [1.82, 2.24) is 9.80 Å². The molecule has 0 N–H and O–H groups in total. The number of piperazine rings is 1. The zero-order valence-corrected chi connectivity index (χ0v) is 22.4. The standard InChI is InChI=1S/C28H42FN3O3/c1-21(2)8-9-24-20-23(30-16-18-31(19-17-30)26(33)35-27(3,4)5)14-15-32(24)22-10-12-25(13-11-22)34-28(6,7)29/h10-14,20-21H,8-9,15-19H2,1-7H3. The maximum absolute atomic E-state index is 13.8. The van der Waals surface area contributed by atoms with Gasteiger partial charge in [-0.15, -0.1) is 0 Å². The molecule has 2 aliphatic rings. The molecule has 6 nitrogen and oxygen atoms in total. The molecule has 0 saturated carbocycles. The summed E-state index contributed by atoms with van der Waals surface area (Å²) in [6.45, 7) is 16.6. The van der Waals surface area contributed by atoms with Crippen LogP contribution in [0.2, 0.25) is 0 Å². The Hall–Kier alpha value is -2.70. The molecule has 194 valence electrons. The highest BCUT2D eigenvalue weighted by molar-refractivity contribution is 5.68. The fraction of sp³-hybridized carbons (Fsp3) is 0.607. The number of carbonyl (C=O) groups is 1. The monoisotopic (exact) mass is 487 g/mol. The highest BCUT2D eigenvalue weighted by atomic mass is 19.2. The van der Waals surface area contributed by atoms with Gasteiger partial charge in [0.05, 0.1) is 0 Å². The fourth-order valence-corrected chi connectivity index (χ4v) is 4.19. The number of amides is 1. The summed E-state index contributed by atoms with van der Waals surface area (Å²) in [5, 5.41) is 0. The van der Waals surface area contributed by atoms with Crippen molar-refractivity contribution in [1.29, 1.82) is 0 Å². The summed E-state index contributed by atoms with van der Waals surface area (Å²) < 4.78 is 24.7. The van der Waals surface area contributed by atoms with Gasteiger partial charge in [0.25, 0.3) is 0 Å². The molecule has 0 bridgehead atoms. The van der Waals surface area contributed by atoms with Crippen LogP contribution in [0.25, 0.3) is 0 Å². The van der Waals surface area contributed by atoms with E-state index in [0.717, 1.165) is 38.2 Å². The van der Waals surface area contributed by atoms with Crippen molar-refractivity contribution in [3.8, 4) is 5.75 Å². The second-order valence-corrected chi connectivity index (χ2v) is 11.2. The molecule has 1 saturated heterocycles. The van der Waals surface area contributed by atoms with Gasteiger partial charge in [-0.3, -0.25) is 0 Å². The van der Waals surface area contributed by atoms with Crippen LogP contribution in [0.5, 0.6) is 5.75 Å². The smallest absolute Gasteiger partial charge is 0.410 e. The first-order valence-electron chi connectivity index (χ1n) is 12.7. The van der Waals surface area contributed by atoms with Gasteiger partial charge in [-0.2, -0.15) is 4.39 Å². The van der Waals surface area contributed by atoms with Gasteiger partial charge in [0.15, 0.2) is 0 Å². The number of halogens is 1. The molecule has 0 atom stereocenters. The van der Waals surface area contributed by atoms with Gasteiger partial charge in [0.1, 0.15) is 11.4 Å². The van der Waals surface area contributed by atoms with Crippen LogP contribution < -0.4 is 9.64 Å². The summed E-state index contributed by atoms with van der Waals surface area (Å²) in [7, 11) is 0. The number of rotatable bonds is 7. The van der Waals surface area contributed by atoms with Crippen LogP contribution in [0, 0.1) is 5.92 Å². The van der Waals surface area contributed by atoms with Crippen LogP contribution in [0.1, 0.15) is 61.3 Å². The number of carbonyl (C=O) groups excluding carboxylic acids is 1. The van der Waals surface area contributed by atoms with E-state index in [1.165, 1.54) is 25.2 Å². The van der Waals surface area contributed by atoms with E-state index >= 15 is 0 Å². The average molecular weight is 488 g/mol. The third-order valence-corrected chi connectivity index (χ3v) is 5.93. The normalized spacial score (nSPS) is 17.3. The van der Waals surface area contributed by atoms with Crippen LogP contribution in [0.4, 0.5) is 14.9 Å². The van der Waals surface area contributed by atoms with E-state index in [1.54, 1.807) is 4.90 Å². The molecule has 7 heteroatoms. The summed E-state index contributed by atoms with van der Waals surface area (Å²) in [5.41, 5.74) is 3.06. The quantitative estimate of drug-likeness (QED) is 0.449. The number of hydrogen-bond donors (Lipinski definition) is 0. The Morgan fingerprint density at radius 3 is 2.20 bits per heavy atom. The summed E-state index contributed by atoms with van der Waals surface area (Å²) in [6, 6.07) is 7.63. The van der Waals surface area contributed by atoms with Crippen molar-refractivity contribution in [2.75, 3.05) is 37.6 Å². The Morgan fingerprint density at radius 1 is 1.03 bits per heavy atom. The van der Waals surface area contributed by atoms with Crippen molar-refractivity contribution in [2.24, 2.45) is 5.92 Å². The lowest BCUT2D eigenvalue weighted by atomic mass is 10.0. The zero-order valence-electron chi connectivity index (χ0n) is 22.4. The van der Waals surface area contributed by atoms with E-state index in [9.17, 15) is 9.18 Å². The number of hydrogen-bond acceptors (Lipinski definition) is 5. The molecule has 2 heterocycles. The van der Waals surface area contributed by atoms with Gasteiger partial charge in [0, 0.05) is 63.7 Å². The van der Waals surface area contributed by atoms with Gasteiger partial charge in [-0.05, 0) is 75.9 Å². The SMILES string of the molecule is CC(C)CCC1=CC(N2CCN(C(=O)OC(C)(C)C)CC2)=CCN1c1ccc(OC(C)(C)F)cc1. The number of anilines is 1. The maximum Gasteiger partial charge on any atom is 0.410 e. The third kappa shape index (κ3) is 8.18. The predicted molar refractivity (Wildman–Crippen MR) is 139 cm³/mol. The molecular formula is C28H42FN3O3. The molecule has 35 heavy (non-hydrogen) atoms. The number of allylic oxidation sites excluding steroid dienone is 2. The van der Waals surface area contributed by atoms with E-state index in [2.05, 4.69) is 35.8 Å². The lowest BCUT2D eigenvalue weighted by Crippen LogP contribution is -2.49. The fourth-order valence-electron chi connectivity index (χ4n) is 4.19. The van der Waals surface area contributed by atoms with Gasteiger partial charge in [-0.1, -0.05) is 13.8 Å². The van der Waals surface area contributed by atoms with E-state index in [4.69, 9.17) is 9.47 Å². The maximum atomic E-state index is 13.8. The molecule has 1 amide bonds. The molecule has 1 fully saturated rings. The van der Waals surface area contributed by atoms with Gasteiger partial charge < -0.3 is 24.2 Å². The Balaban J connectivity index is 1.69. The van der Waals surface area contributed by atoms with Crippen LogP contribution >= 0.6 is 0 Å². The Bertz CT molecular complexity index is 918. The number of benzene rings is 1. The van der Waals surface area contributed by atoms with E-state index in [0.29, 0.717) is 24.8 Å². The topological polar surface area (TPSA) is 45.2 Å². The minimum Gasteiger partial charge on any atom is -0.459 e. The first kappa shape index (κ1) is 26.9. The van der Waals surface area contributed by atoms with Gasteiger partial charge >= 0.3 is 6.09 Å². The van der Waals surface area contributed by atoms with Crippen LogP contribution in [0.3, 0.4) is 0 Å². The molecule has 1 aromatic carbocycles. The van der Waals surface area contributed by atoms with Crippen LogP contribution in [-0.4, -0.2) is 60.1 Å². The van der Waals surface area contributed by atoms with Gasteiger partial charge in [-0.25, -0.2) is 4.79 Å². The Kier molecular flexibility index (Phi) is 8.39. The number of alkyl halides is 1. The van der Waals surface area contributed by atoms with E-state index in [-0.39, 0.29) is 6.09 Å². The number of ether oxygens (including phenoxy) is 2. The first-order valence-corrected chi connectivity index (χ1v) is 12.7. The summed E-state index contributed by atoms with van der Waals surface area (Å²) in [6.07, 6.45) is 6.36. The molecular weight excluding hydrogens is 445 g/mol. The highest BCUT2D eigenvalue weighted by Gasteiger charge is 2.27. The van der Waals surface area contributed by atoms with Crippen LogP contribution in [0.15, 0.2) is 47.8 Å². The molecule has 3 rings (SSSR count). The molecule has 0 aromatic heterocycles. The second-order valence-electron chi connectivity index (χ2n) is 11.2. The Labute approximate surface area is 210 Å². The Morgan fingerprint density at radius 2 is 1.66 bits per heavy atom. The molecule has 0 unspecified atom stereocenters. The number of nitrogens with zero attached hydrogens (tertiary/aromatic N) is 3. The minimum absolute atomic E-state index is 0.238. The molecule has 2 aliphatic heterocycles. The second kappa shape index (κ2) is 10.9. The van der Waals surface area contributed by atoms with Crippen molar-refractivity contribution in [3.63, 3.8) is 0 Å². The van der Waals surface area contributed by atoms with E-state index in [1.807, 2.05) is 45.0 Å². The summed E-state index contributed by atoms with van der Waals surface area (Å²) in [4.78, 5) is 18.9. The summed E-state index contributed by atoms with van der Waals surface area (Å²) >= 11 is 0. The minimum atomic E-state index is -1.71. The predicted octanol–water partition coefficient (Wildman–Crippen LogP) is 6.35. The molecule has 1 aromatic rings. The molecule has 0 radical (unpaired) electrons. The highest BCUT2D eigenvalue weighted by Crippen LogP contribution is 2.31. The van der Waals surface area contributed by atoms with Crippen molar-refractivity contribution in [3.05, 3.63) is 47.8 Å². The largest absolute Gasteiger partial charge is 0.459 e. The zero-order chi connectivity index (χ0) is 25.8. The van der Waals surface area contributed by atoms with Crippen molar-refractivity contribution >= 4 is 11.8 Å². The lowest BCUT2D eigenvalue weighted by Gasteiger charge is -2.39. The molecule has 0 spiro atoms. The van der Waals surface area contributed by atoms with Crippen molar-refractivity contribution < 1.29 is 18.7 Å². The third-order valence-electron chi connectivity index (χ3n) is 5.93.